The number of H-pyrrole nitrogens is 1. The number of aromatic nitrogens is 1. The lowest BCUT2D eigenvalue weighted by atomic mass is 9.91. The number of nitrogens with zero attached hydrogens (tertiary/aromatic N) is 2. The Morgan fingerprint density at radius 1 is 1.16 bits per heavy atom. The van der Waals surface area contributed by atoms with Crippen LogP contribution in [-0.2, 0) is 32.1 Å². The van der Waals surface area contributed by atoms with Crippen LogP contribution >= 0.6 is 0 Å². The lowest BCUT2D eigenvalue weighted by Crippen LogP contribution is -2.67. The molecule has 4 heterocycles. The molecule has 0 saturated carbocycles. The molecule has 38 heavy (non-hydrogen) atoms. The molecular formula is C27H24F2N4O5. The molecule has 3 aliphatic heterocycles. The Labute approximate surface area is 215 Å². The first-order valence-corrected chi connectivity index (χ1v) is 12.2. The average molecular weight is 523 g/mol. The van der Waals surface area contributed by atoms with E-state index in [9.17, 15) is 28.3 Å². The van der Waals surface area contributed by atoms with Crippen LogP contribution in [0.15, 0.2) is 60.4 Å². The van der Waals surface area contributed by atoms with E-state index in [0.717, 1.165) is 22.5 Å². The largest absolute Gasteiger partial charge is 0.382 e. The lowest BCUT2D eigenvalue weighted by molar-refractivity contribution is -0.162. The zero-order valence-electron chi connectivity index (χ0n) is 20.1. The van der Waals surface area contributed by atoms with Gasteiger partial charge in [-0.1, -0.05) is 24.3 Å². The molecule has 3 aromatic rings. The molecule has 2 saturated heterocycles. The number of aromatic amines is 1. The summed E-state index contributed by atoms with van der Waals surface area (Å²) in [6.07, 6.45) is 1.33. The molecular weight excluding hydrogens is 498 g/mol. The quantitative estimate of drug-likeness (QED) is 0.436. The SMILES string of the molecule is O=C(NCc1ccc(F)cc1F)C1=CN2C[C@H]3OC[C@H](Cc4c[nH]c5ccccc45)N3C(=O)C2C(O)C1=O. The molecule has 1 aromatic heterocycles. The molecule has 2 amide bonds. The third-order valence-electron chi connectivity index (χ3n) is 7.37. The van der Waals surface area contributed by atoms with Crippen molar-refractivity contribution in [3.8, 4) is 0 Å². The van der Waals surface area contributed by atoms with Crippen molar-refractivity contribution in [1.82, 2.24) is 20.1 Å². The van der Waals surface area contributed by atoms with Gasteiger partial charge in [0, 0.05) is 41.5 Å². The standard InChI is InChI=1S/C27H24F2N4O5/c28-16-6-5-14(20(29)8-16)9-31-26(36)19-11-32-12-22-33(27(37)23(32)25(35)24(19)34)17(13-38-22)7-15-10-30-21-4-2-1-3-18(15)21/h1-6,8,10-11,17,22-23,25,30,35H,7,9,12-13H2,(H,31,36)/t17-,22+,23?,25?/m0/s1. The predicted molar refractivity (Wildman–Crippen MR) is 130 cm³/mol. The summed E-state index contributed by atoms with van der Waals surface area (Å²) in [6.45, 7) is 0.165. The van der Waals surface area contributed by atoms with Crippen LogP contribution in [0.4, 0.5) is 8.78 Å². The maximum Gasteiger partial charge on any atom is 0.256 e. The number of rotatable bonds is 5. The van der Waals surface area contributed by atoms with Crippen molar-refractivity contribution in [2.24, 2.45) is 0 Å². The molecule has 4 atom stereocenters. The van der Waals surface area contributed by atoms with Crippen LogP contribution in [0.1, 0.15) is 11.1 Å². The number of aliphatic hydroxyl groups excluding tert-OH is 1. The van der Waals surface area contributed by atoms with Crippen molar-refractivity contribution in [2.75, 3.05) is 13.2 Å². The number of ketones is 1. The fourth-order valence-corrected chi connectivity index (χ4v) is 5.47. The summed E-state index contributed by atoms with van der Waals surface area (Å²) in [5, 5.41) is 14.3. The van der Waals surface area contributed by atoms with Crippen molar-refractivity contribution in [3.05, 3.63) is 83.2 Å². The van der Waals surface area contributed by atoms with Gasteiger partial charge < -0.3 is 29.9 Å². The second-order valence-corrected chi connectivity index (χ2v) is 9.66. The fraction of sp³-hybridized carbons (Fsp3) is 0.296. The maximum atomic E-state index is 13.9. The number of ether oxygens (including phenoxy) is 1. The number of aliphatic hydroxyl groups is 1. The second-order valence-electron chi connectivity index (χ2n) is 9.66. The van der Waals surface area contributed by atoms with Crippen molar-refractivity contribution in [2.45, 2.75) is 37.4 Å². The van der Waals surface area contributed by atoms with Crippen LogP contribution in [0.3, 0.4) is 0 Å². The first-order valence-electron chi connectivity index (χ1n) is 12.2. The maximum absolute atomic E-state index is 13.9. The highest BCUT2D eigenvalue weighted by atomic mass is 19.1. The van der Waals surface area contributed by atoms with Gasteiger partial charge in [-0.3, -0.25) is 14.4 Å². The van der Waals surface area contributed by atoms with E-state index in [4.69, 9.17) is 4.74 Å². The number of hydrogen-bond donors (Lipinski definition) is 3. The monoisotopic (exact) mass is 522 g/mol. The Hall–Kier alpha value is -4.09. The minimum atomic E-state index is -1.76. The molecule has 0 radical (unpaired) electrons. The predicted octanol–water partition coefficient (Wildman–Crippen LogP) is 1.37. The molecule has 3 aliphatic rings. The van der Waals surface area contributed by atoms with E-state index < -0.39 is 47.6 Å². The van der Waals surface area contributed by atoms with Gasteiger partial charge in [-0.05, 0) is 24.1 Å². The first kappa shape index (κ1) is 24.3. The molecule has 0 spiro atoms. The van der Waals surface area contributed by atoms with Gasteiger partial charge in [0.2, 0.25) is 5.78 Å². The number of amides is 2. The number of Topliss-reactive ketones (excluding diaryl/α,β-unsaturated/α-hetero) is 1. The van der Waals surface area contributed by atoms with Crippen LogP contribution in [0.5, 0.6) is 0 Å². The molecule has 196 valence electrons. The summed E-state index contributed by atoms with van der Waals surface area (Å²) in [5.41, 5.74) is 1.69. The Balaban J connectivity index is 1.19. The topological polar surface area (TPSA) is 115 Å². The van der Waals surface area contributed by atoms with Gasteiger partial charge >= 0.3 is 0 Å². The minimum absolute atomic E-state index is 0.0337. The normalized spacial score (nSPS) is 24.9. The van der Waals surface area contributed by atoms with Gasteiger partial charge in [0.1, 0.15) is 35.6 Å². The van der Waals surface area contributed by atoms with E-state index in [-0.39, 0.29) is 30.3 Å². The number of nitrogens with one attached hydrogen (secondary N) is 2. The number of para-hydroxylation sites is 1. The molecule has 9 nitrogen and oxygen atoms in total. The number of piperazine rings is 1. The van der Waals surface area contributed by atoms with Crippen LogP contribution in [-0.4, -0.2) is 75.1 Å². The van der Waals surface area contributed by atoms with Crippen LogP contribution < -0.4 is 5.32 Å². The summed E-state index contributed by atoms with van der Waals surface area (Å²) >= 11 is 0. The molecule has 2 unspecified atom stereocenters. The van der Waals surface area contributed by atoms with Crippen molar-refractivity contribution >= 4 is 28.5 Å². The summed E-state index contributed by atoms with van der Waals surface area (Å²) < 4.78 is 33.0. The van der Waals surface area contributed by atoms with Gasteiger partial charge in [0.15, 0.2) is 0 Å². The molecule has 0 aliphatic carbocycles. The molecule has 0 bridgehead atoms. The average Bonchev–Trinajstić information content (AvgIpc) is 3.50. The Bertz CT molecular complexity index is 1490. The Morgan fingerprint density at radius 2 is 1.97 bits per heavy atom. The van der Waals surface area contributed by atoms with E-state index >= 15 is 0 Å². The van der Waals surface area contributed by atoms with Crippen LogP contribution in [0.2, 0.25) is 0 Å². The van der Waals surface area contributed by atoms with E-state index in [0.29, 0.717) is 19.1 Å². The fourth-order valence-electron chi connectivity index (χ4n) is 5.47. The lowest BCUT2D eigenvalue weighted by Gasteiger charge is -2.46. The van der Waals surface area contributed by atoms with Crippen LogP contribution in [0, 0.1) is 11.6 Å². The van der Waals surface area contributed by atoms with Gasteiger partial charge in [-0.2, -0.15) is 0 Å². The minimum Gasteiger partial charge on any atom is -0.382 e. The third kappa shape index (κ3) is 4.04. The highest BCUT2D eigenvalue weighted by Gasteiger charge is 2.53. The van der Waals surface area contributed by atoms with Crippen LogP contribution in [0.25, 0.3) is 10.9 Å². The van der Waals surface area contributed by atoms with Gasteiger partial charge in [-0.15, -0.1) is 0 Å². The molecule has 11 heteroatoms. The number of halogens is 2. The van der Waals surface area contributed by atoms with Crippen molar-refractivity contribution < 1.29 is 33.0 Å². The zero-order valence-corrected chi connectivity index (χ0v) is 20.1. The third-order valence-corrected chi connectivity index (χ3v) is 7.37. The van der Waals surface area contributed by atoms with Crippen molar-refractivity contribution in [1.29, 1.82) is 0 Å². The van der Waals surface area contributed by atoms with Gasteiger partial charge in [0.25, 0.3) is 11.8 Å². The summed E-state index contributed by atoms with van der Waals surface area (Å²) in [5.74, 6) is -3.78. The second kappa shape index (κ2) is 9.34. The zero-order chi connectivity index (χ0) is 26.6. The molecule has 2 fully saturated rings. The van der Waals surface area contributed by atoms with Gasteiger partial charge in [0.05, 0.1) is 19.2 Å². The van der Waals surface area contributed by atoms with E-state index in [2.05, 4.69) is 10.3 Å². The van der Waals surface area contributed by atoms with E-state index in [1.165, 1.54) is 17.2 Å². The Morgan fingerprint density at radius 3 is 2.79 bits per heavy atom. The summed E-state index contributed by atoms with van der Waals surface area (Å²) in [7, 11) is 0. The summed E-state index contributed by atoms with van der Waals surface area (Å²) in [6, 6.07) is 9.32. The van der Waals surface area contributed by atoms with Crippen molar-refractivity contribution in [3.63, 3.8) is 0 Å². The highest BCUT2D eigenvalue weighted by Crippen LogP contribution is 2.33. The molecule has 6 rings (SSSR count). The number of hydrogen-bond acceptors (Lipinski definition) is 6. The Kier molecular flexibility index (Phi) is 5.96. The van der Waals surface area contributed by atoms with Gasteiger partial charge in [-0.25, -0.2) is 8.78 Å². The smallest absolute Gasteiger partial charge is 0.256 e. The molecule has 3 N–H and O–H groups in total. The summed E-state index contributed by atoms with van der Waals surface area (Å²) in [4.78, 5) is 45.5. The number of carbonyl (C=O) groups excluding carboxylic acids is 3. The highest BCUT2D eigenvalue weighted by molar-refractivity contribution is 6.22. The van der Waals surface area contributed by atoms with E-state index in [1.54, 1.807) is 4.90 Å². The van der Waals surface area contributed by atoms with E-state index in [1.807, 2.05) is 30.5 Å². The number of fused-ring (bicyclic) bond motifs is 3. The number of carbonyl (C=O) groups is 3. The number of benzene rings is 2. The molecule has 2 aromatic carbocycles. The first-order chi connectivity index (χ1) is 18.3.